The van der Waals surface area contributed by atoms with Crippen LogP contribution >= 0.6 is 0 Å². The second-order valence-electron chi connectivity index (χ2n) is 5.45. The number of carbonyl (C=O) groups is 1. The summed E-state index contributed by atoms with van der Waals surface area (Å²) >= 11 is 0. The molecule has 1 saturated heterocycles. The fourth-order valence-corrected chi connectivity index (χ4v) is 2.30. The molecule has 0 bridgehead atoms. The molecule has 0 aromatic carbocycles. The molecular formula is C13H27N3O2. The number of ether oxygens (including phenoxy) is 1. The van der Waals surface area contributed by atoms with E-state index in [2.05, 4.69) is 28.4 Å². The van der Waals surface area contributed by atoms with Crippen LogP contribution in [0.1, 0.15) is 20.3 Å². The van der Waals surface area contributed by atoms with Crippen LogP contribution in [-0.2, 0) is 9.53 Å². The van der Waals surface area contributed by atoms with Crippen molar-refractivity contribution in [1.82, 2.24) is 9.80 Å². The van der Waals surface area contributed by atoms with Gasteiger partial charge in [-0.3, -0.25) is 4.79 Å². The zero-order chi connectivity index (χ0) is 13.5. The molecule has 5 nitrogen and oxygen atoms in total. The average molecular weight is 257 g/mol. The van der Waals surface area contributed by atoms with Gasteiger partial charge in [0.25, 0.3) is 0 Å². The molecule has 1 aliphatic rings. The minimum absolute atomic E-state index is 0.312. The molecule has 0 aromatic heterocycles. The van der Waals surface area contributed by atoms with Crippen LogP contribution in [0, 0.1) is 5.92 Å². The van der Waals surface area contributed by atoms with Crippen molar-refractivity contribution in [3.05, 3.63) is 0 Å². The Hall–Kier alpha value is -0.650. The van der Waals surface area contributed by atoms with Gasteiger partial charge in [0, 0.05) is 39.3 Å². The van der Waals surface area contributed by atoms with E-state index in [1.54, 1.807) is 0 Å². The molecule has 0 saturated carbocycles. The van der Waals surface area contributed by atoms with Crippen molar-refractivity contribution >= 4 is 5.97 Å². The third-order valence-corrected chi connectivity index (χ3v) is 3.35. The highest BCUT2D eigenvalue weighted by molar-refractivity contribution is 5.75. The highest BCUT2D eigenvalue weighted by Crippen LogP contribution is 2.06. The number of rotatable bonds is 6. The summed E-state index contributed by atoms with van der Waals surface area (Å²) < 4.78 is 4.62. The highest BCUT2D eigenvalue weighted by atomic mass is 16.5. The molecule has 0 aromatic rings. The number of nitrogens with zero attached hydrogens (tertiary/aromatic N) is 2. The van der Waals surface area contributed by atoms with Crippen LogP contribution in [0.15, 0.2) is 0 Å². The van der Waals surface area contributed by atoms with Crippen LogP contribution in [-0.4, -0.2) is 68.2 Å². The van der Waals surface area contributed by atoms with Crippen molar-refractivity contribution in [3.63, 3.8) is 0 Å². The van der Waals surface area contributed by atoms with E-state index >= 15 is 0 Å². The number of hydrogen-bond acceptors (Lipinski definition) is 5. The fraction of sp³-hybridized carbons (Fsp3) is 0.923. The second kappa shape index (κ2) is 7.71. The molecule has 1 heterocycles. The first kappa shape index (κ1) is 15.4. The summed E-state index contributed by atoms with van der Waals surface area (Å²) in [5, 5.41) is 0. The van der Waals surface area contributed by atoms with Crippen molar-refractivity contribution in [3.8, 4) is 0 Å². The lowest BCUT2D eigenvalue weighted by Gasteiger charge is -2.35. The van der Waals surface area contributed by atoms with Gasteiger partial charge in [0.05, 0.1) is 7.11 Å². The molecule has 5 heteroatoms. The standard InChI is InChI=1S/C13H27N3O2/c1-11(2)10-16-8-6-15(7-9-16)5-4-12(14)13(17)18-3/h11-12H,4-10,14H2,1-3H3. The molecule has 18 heavy (non-hydrogen) atoms. The predicted molar refractivity (Wildman–Crippen MR) is 72.3 cm³/mol. The summed E-state index contributed by atoms with van der Waals surface area (Å²) in [6, 6.07) is -0.483. The van der Waals surface area contributed by atoms with Gasteiger partial charge in [-0.25, -0.2) is 0 Å². The SMILES string of the molecule is COC(=O)C(N)CCN1CCN(CC(C)C)CC1. The van der Waals surface area contributed by atoms with Crippen molar-refractivity contribution in [2.75, 3.05) is 46.4 Å². The molecule has 0 amide bonds. The smallest absolute Gasteiger partial charge is 0.322 e. The first-order valence-corrected chi connectivity index (χ1v) is 6.81. The first-order valence-electron chi connectivity index (χ1n) is 6.81. The van der Waals surface area contributed by atoms with Gasteiger partial charge in [-0.1, -0.05) is 13.8 Å². The predicted octanol–water partition coefficient (Wildman–Crippen LogP) is 0.150. The van der Waals surface area contributed by atoms with Crippen LogP contribution in [0.25, 0.3) is 0 Å². The van der Waals surface area contributed by atoms with Gasteiger partial charge in [-0.2, -0.15) is 0 Å². The Morgan fingerprint density at radius 1 is 1.22 bits per heavy atom. The van der Waals surface area contributed by atoms with Crippen molar-refractivity contribution < 1.29 is 9.53 Å². The van der Waals surface area contributed by atoms with E-state index in [1.165, 1.54) is 13.7 Å². The number of esters is 1. The Kier molecular flexibility index (Phi) is 6.60. The van der Waals surface area contributed by atoms with Crippen molar-refractivity contribution in [1.29, 1.82) is 0 Å². The van der Waals surface area contributed by atoms with E-state index in [0.717, 1.165) is 38.6 Å². The molecule has 1 aliphatic heterocycles. The molecule has 1 unspecified atom stereocenters. The molecule has 0 aliphatic carbocycles. The highest BCUT2D eigenvalue weighted by Gasteiger charge is 2.19. The quantitative estimate of drug-likeness (QED) is 0.686. The monoisotopic (exact) mass is 257 g/mol. The van der Waals surface area contributed by atoms with Crippen molar-refractivity contribution in [2.45, 2.75) is 26.3 Å². The summed E-state index contributed by atoms with van der Waals surface area (Å²) in [5.41, 5.74) is 5.73. The molecule has 0 radical (unpaired) electrons. The largest absolute Gasteiger partial charge is 0.468 e. The zero-order valence-electron chi connectivity index (χ0n) is 11.9. The van der Waals surface area contributed by atoms with E-state index in [4.69, 9.17) is 5.73 Å². The minimum atomic E-state index is -0.483. The number of piperazine rings is 1. The van der Waals surface area contributed by atoms with Gasteiger partial charge < -0.3 is 20.3 Å². The van der Waals surface area contributed by atoms with Gasteiger partial charge >= 0.3 is 5.97 Å². The van der Waals surface area contributed by atoms with E-state index in [9.17, 15) is 4.79 Å². The molecule has 1 fully saturated rings. The molecule has 2 N–H and O–H groups in total. The van der Waals surface area contributed by atoms with Gasteiger partial charge in [0.2, 0.25) is 0 Å². The van der Waals surface area contributed by atoms with Crippen LogP contribution in [0.2, 0.25) is 0 Å². The Bertz CT molecular complexity index is 251. The van der Waals surface area contributed by atoms with E-state index in [0.29, 0.717) is 6.42 Å². The Balaban J connectivity index is 2.17. The maximum absolute atomic E-state index is 11.2. The normalized spacial score (nSPS) is 20.1. The summed E-state index contributed by atoms with van der Waals surface area (Å²) in [4.78, 5) is 16.1. The van der Waals surface area contributed by atoms with Crippen LogP contribution < -0.4 is 5.73 Å². The Morgan fingerprint density at radius 2 is 1.78 bits per heavy atom. The molecule has 106 valence electrons. The first-order chi connectivity index (χ1) is 8.52. The second-order valence-corrected chi connectivity index (χ2v) is 5.45. The molecule has 1 atom stereocenters. The fourth-order valence-electron chi connectivity index (χ4n) is 2.30. The lowest BCUT2D eigenvalue weighted by atomic mass is 10.1. The third-order valence-electron chi connectivity index (χ3n) is 3.35. The maximum atomic E-state index is 11.2. The van der Waals surface area contributed by atoms with Crippen LogP contribution in [0.4, 0.5) is 0 Å². The van der Waals surface area contributed by atoms with Gasteiger partial charge in [-0.05, 0) is 12.3 Å². The summed E-state index contributed by atoms with van der Waals surface area (Å²) in [6.07, 6.45) is 0.677. The third kappa shape index (κ3) is 5.33. The Morgan fingerprint density at radius 3 is 2.28 bits per heavy atom. The zero-order valence-corrected chi connectivity index (χ0v) is 11.9. The maximum Gasteiger partial charge on any atom is 0.322 e. The van der Waals surface area contributed by atoms with E-state index < -0.39 is 6.04 Å². The topological polar surface area (TPSA) is 58.8 Å². The number of nitrogens with two attached hydrogens (primary N) is 1. The Labute approximate surface area is 110 Å². The summed E-state index contributed by atoms with van der Waals surface area (Å²) in [5.74, 6) is 0.415. The van der Waals surface area contributed by atoms with Crippen molar-refractivity contribution in [2.24, 2.45) is 11.7 Å². The van der Waals surface area contributed by atoms with Gasteiger partial charge in [0.1, 0.15) is 6.04 Å². The summed E-state index contributed by atoms with van der Waals surface area (Å²) in [7, 11) is 1.38. The summed E-state index contributed by atoms with van der Waals surface area (Å²) in [6.45, 7) is 10.9. The number of carbonyl (C=O) groups excluding carboxylic acids is 1. The lowest BCUT2D eigenvalue weighted by molar-refractivity contribution is -0.142. The minimum Gasteiger partial charge on any atom is -0.468 e. The number of hydrogen-bond donors (Lipinski definition) is 1. The van der Waals surface area contributed by atoms with Crippen LogP contribution in [0.3, 0.4) is 0 Å². The average Bonchev–Trinajstić information content (AvgIpc) is 2.36. The molecule has 1 rings (SSSR count). The lowest BCUT2D eigenvalue weighted by Crippen LogP contribution is -2.48. The molecular weight excluding hydrogens is 230 g/mol. The van der Waals surface area contributed by atoms with E-state index in [1.807, 2.05) is 0 Å². The van der Waals surface area contributed by atoms with Gasteiger partial charge in [-0.15, -0.1) is 0 Å². The van der Waals surface area contributed by atoms with Gasteiger partial charge in [0.15, 0.2) is 0 Å². The number of methoxy groups -OCH3 is 1. The van der Waals surface area contributed by atoms with Crippen LogP contribution in [0.5, 0.6) is 0 Å². The molecule has 0 spiro atoms. The van der Waals surface area contributed by atoms with E-state index in [-0.39, 0.29) is 5.97 Å².